The van der Waals surface area contributed by atoms with Crippen molar-refractivity contribution in [2.45, 2.75) is 33.6 Å². The first-order chi connectivity index (χ1) is 9.84. The highest BCUT2D eigenvalue weighted by Gasteiger charge is 2.35. The van der Waals surface area contributed by atoms with Gasteiger partial charge in [0, 0.05) is 6.54 Å². The van der Waals surface area contributed by atoms with Crippen LogP contribution < -0.4 is 10.6 Å². The molecule has 2 amide bonds. The number of carbonyl (C=O) groups excluding carboxylic acids is 1. The largest absolute Gasteiger partial charge is 0.481 e. The van der Waals surface area contributed by atoms with Gasteiger partial charge in [-0.3, -0.25) is 4.79 Å². The second-order valence-electron chi connectivity index (χ2n) is 5.08. The number of carboxylic acids is 1. The maximum Gasteiger partial charge on any atom is 0.319 e. The predicted octanol–water partition coefficient (Wildman–Crippen LogP) is 3.66. The molecule has 1 rings (SSSR count). The highest BCUT2D eigenvalue weighted by Crippen LogP contribution is 2.26. The monoisotopic (exact) mass is 312 g/mol. The molecule has 1 aromatic rings. The molecule has 0 saturated carbocycles. The van der Waals surface area contributed by atoms with Gasteiger partial charge in [-0.15, -0.1) is 0 Å². The van der Waals surface area contributed by atoms with Crippen LogP contribution in [-0.4, -0.2) is 23.7 Å². The Morgan fingerprint density at radius 3 is 2.38 bits per heavy atom. The van der Waals surface area contributed by atoms with E-state index >= 15 is 0 Å². The van der Waals surface area contributed by atoms with Gasteiger partial charge in [-0.05, 0) is 37.5 Å². The summed E-state index contributed by atoms with van der Waals surface area (Å²) in [5, 5.41) is 15.0. The summed E-state index contributed by atoms with van der Waals surface area (Å²) in [4.78, 5) is 23.2. The summed E-state index contributed by atoms with van der Waals surface area (Å²) >= 11 is 6.03. The summed E-state index contributed by atoms with van der Waals surface area (Å²) in [6, 6.07) is 4.83. The predicted molar refractivity (Wildman–Crippen MR) is 83.9 cm³/mol. The van der Waals surface area contributed by atoms with E-state index in [1.807, 2.05) is 13.0 Å². The highest BCUT2D eigenvalue weighted by atomic mass is 35.5. The first-order valence-electron chi connectivity index (χ1n) is 6.89. The van der Waals surface area contributed by atoms with Gasteiger partial charge in [0.25, 0.3) is 0 Å². The molecule has 0 unspecified atom stereocenters. The molecule has 116 valence electrons. The number of carboxylic acid groups (broad SMARTS) is 1. The number of hydrogen-bond acceptors (Lipinski definition) is 2. The van der Waals surface area contributed by atoms with Crippen LogP contribution in [0.25, 0.3) is 0 Å². The summed E-state index contributed by atoms with van der Waals surface area (Å²) in [5.74, 6) is -0.902. The Bertz CT molecular complexity index is 528. The summed E-state index contributed by atoms with van der Waals surface area (Å²) in [5.41, 5.74) is 0.551. The molecule has 3 N–H and O–H groups in total. The normalized spacial score (nSPS) is 11.0. The minimum Gasteiger partial charge on any atom is -0.481 e. The fourth-order valence-corrected chi connectivity index (χ4v) is 2.30. The zero-order valence-electron chi connectivity index (χ0n) is 12.5. The van der Waals surface area contributed by atoms with Crippen LogP contribution in [0.4, 0.5) is 10.5 Å². The number of anilines is 1. The second-order valence-corrected chi connectivity index (χ2v) is 5.49. The number of benzene rings is 1. The lowest BCUT2D eigenvalue weighted by Crippen LogP contribution is -2.43. The van der Waals surface area contributed by atoms with Crippen LogP contribution in [0, 0.1) is 12.3 Å². The van der Waals surface area contributed by atoms with Gasteiger partial charge in [-0.1, -0.05) is 31.5 Å². The molecule has 0 bridgehead atoms. The zero-order valence-corrected chi connectivity index (χ0v) is 13.3. The standard InChI is InChI=1S/C15H21ClN2O3/c1-4-15(5-2,13(19)20)9-17-14(21)18-12-7-6-10(3)8-11(12)16/h6-8H,4-5,9H2,1-3H3,(H,19,20)(H2,17,18,21). The summed E-state index contributed by atoms with van der Waals surface area (Å²) in [6.45, 7) is 5.58. The maximum absolute atomic E-state index is 11.9. The third kappa shape index (κ3) is 4.36. The van der Waals surface area contributed by atoms with E-state index in [9.17, 15) is 14.7 Å². The van der Waals surface area contributed by atoms with E-state index in [4.69, 9.17) is 11.6 Å². The summed E-state index contributed by atoms with van der Waals surface area (Å²) in [7, 11) is 0. The van der Waals surface area contributed by atoms with Crippen LogP contribution >= 0.6 is 11.6 Å². The molecule has 0 atom stereocenters. The van der Waals surface area contributed by atoms with Gasteiger partial charge < -0.3 is 15.7 Å². The number of halogens is 1. The van der Waals surface area contributed by atoms with Crippen LogP contribution in [0.5, 0.6) is 0 Å². The number of amides is 2. The third-order valence-corrected chi connectivity index (χ3v) is 4.08. The average molecular weight is 313 g/mol. The molecular formula is C15H21ClN2O3. The molecular weight excluding hydrogens is 292 g/mol. The smallest absolute Gasteiger partial charge is 0.319 e. The lowest BCUT2D eigenvalue weighted by molar-refractivity contribution is -0.149. The van der Waals surface area contributed by atoms with Gasteiger partial charge in [0.15, 0.2) is 0 Å². The van der Waals surface area contributed by atoms with Crippen LogP contribution in [0.15, 0.2) is 18.2 Å². The van der Waals surface area contributed by atoms with Crippen LogP contribution in [0.3, 0.4) is 0 Å². The van der Waals surface area contributed by atoms with Crippen molar-refractivity contribution in [3.8, 4) is 0 Å². The molecule has 5 nitrogen and oxygen atoms in total. The fourth-order valence-electron chi connectivity index (χ4n) is 2.02. The Morgan fingerprint density at radius 1 is 1.29 bits per heavy atom. The number of carbonyl (C=O) groups is 2. The molecule has 0 aliphatic carbocycles. The van der Waals surface area contributed by atoms with E-state index in [1.54, 1.807) is 26.0 Å². The number of nitrogens with one attached hydrogen (secondary N) is 2. The molecule has 21 heavy (non-hydrogen) atoms. The number of aryl methyl sites for hydroxylation is 1. The number of rotatable bonds is 6. The van der Waals surface area contributed by atoms with Crippen LogP contribution in [0.2, 0.25) is 5.02 Å². The molecule has 0 radical (unpaired) electrons. The fraction of sp³-hybridized carbons (Fsp3) is 0.467. The first-order valence-corrected chi connectivity index (χ1v) is 7.27. The molecule has 0 aromatic heterocycles. The lowest BCUT2D eigenvalue weighted by Gasteiger charge is -2.26. The minimum absolute atomic E-state index is 0.0741. The van der Waals surface area contributed by atoms with Crippen molar-refractivity contribution in [3.05, 3.63) is 28.8 Å². The average Bonchev–Trinajstić information content (AvgIpc) is 2.43. The van der Waals surface area contributed by atoms with Gasteiger partial charge in [0.05, 0.1) is 16.1 Å². The van der Waals surface area contributed by atoms with E-state index in [0.717, 1.165) is 5.56 Å². The Morgan fingerprint density at radius 2 is 1.90 bits per heavy atom. The van der Waals surface area contributed by atoms with Crippen molar-refractivity contribution in [1.82, 2.24) is 5.32 Å². The van der Waals surface area contributed by atoms with Crippen molar-refractivity contribution in [2.24, 2.45) is 5.41 Å². The van der Waals surface area contributed by atoms with Gasteiger partial charge >= 0.3 is 12.0 Å². The number of aliphatic carboxylic acids is 1. The maximum atomic E-state index is 11.9. The van der Waals surface area contributed by atoms with Crippen molar-refractivity contribution in [1.29, 1.82) is 0 Å². The molecule has 1 aromatic carbocycles. The van der Waals surface area contributed by atoms with E-state index in [0.29, 0.717) is 23.6 Å². The molecule has 0 spiro atoms. The molecule has 0 aliphatic rings. The topological polar surface area (TPSA) is 78.4 Å². The molecule has 0 fully saturated rings. The summed E-state index contributed by atoms with van der Waals surface area (Å²) < 4.78 is 0. The quantitative estimate of drug-likeness (QED) is 0.750. The van der Waals surface area contributed by atoms with E-state index < -0.39 is 17.4 Å². The third-order valence-electron chi connectivity index (χ3n) is 3.77. The lowest BCUT2D eigenvalue weighted by atomic mass is 9.82. The highest BCUT2D eigenvalue weighted by molar-refractivity contribution is 6.33. The van der Waals surface area contributed by atoms with E-state index in [1.165, 1.54) is 0 Å². The van der Waals surface area contributed by atoms with Gasteiger partial charge in [-0.2, -0.15) is 0 Å². The van der Waals surface area contributed by atoms with Gasteiger partial charge in [0.2, 0.25) is 0 Å². The molecule has 0 heterocycles. The van der Waals surface area contributed by atoms with Crippen molar-refractivity contribution in [3.63, 3.8) is 0 Å². The molecule has 0 saturated heterocycles. The van der Waals surface area contributed by atoms with Crippen molar-refractivity contribution < 1.29 is 14.7 Å². The van der Waals surface area contributed by atoms with Gasteiger partial charge in [0.1, 0.15) is 0 Å². The molecule has 0 aliphatic heterocycles. The Hall–Kier alpha value is -1.75. The molecule has 6 heteroatoms. The van der Waals surface area contributed by atoms with Gasteiger partial charge in [-0.25, -0.2) is 4.79 Å². The Labute approximate surface area is 129 Å². The Balaban J connectivity index is 2.67. The van der Waals surface area contributed by atoms with Crippen LogP contribution in [0.1, 0.15) is 32.3 Å². The SMILES string of the molecule is CCC(CC)(CNC(=O)Nc1ccc(C)cc1Cl)C(=O)O. The van der Waals surface area contributed by atoms with E-state index in [2.05, 4.69) is 10.6 Å². The van der Waals surface area contributed by atoms with E-state index in [-0.39, 0.29) is 6.54 Å². The Kier molecular flexibility index (Phi) is 6.03. The minimum atomic E-state index is -0.936. The first kappa shape index (κ1) is 17.3. The zero-order chi connectivity index (χ0) is 16.0. The number of hydrogen-bond donors (Lipinski definition) is 3. The van der Waals surface area contributed by atoms with Crippen LogP contribution in [-0.2, 0) is 4.79 Å². The van der Waals surface area contributed by atoms with Crippen molar-refractivity contribution >= 4 is 29.3 Å². The summed E-state index contributed by atoms with van der Waals surface area (Å²) in [6.07, 6.45) is 0.898. The van der Waals surface area contributed by atoms with Crippen molar-refractivity contribution in [2.75, 3.05) is 11.9 Å². The second kappa shape index (κ2) is 7.31. The number of urea groups is 1.